The van der Waals surface area contributed by atoms with E-state index >= 15 is 0 Å². The number of benzene rings is 2. The van der Waals surface area contributed by atoms with Crippen LogP contribution in [-0.2, 0) is 14.8 Å². The maximum atomic E-state index is 12.5. The molecule has 0 atom stereocenters. The molecule has 0 saturated heterocycles. The molecule has 1 fully saturated rings. The largest absolute Gasteiger partial charge is 0.454 e. The molecule has 3 rings (SSSR count). The molecular weight excluding hydrogens is 420 g/mol. The smallest absolute Gasteiger partial charge is 0.387 e. The zero-order valence-corrected chi connectivity index (χ0v) is 16.7. The summed E-state index contributed by atoms with van der Waals surface area (Å²) in [6, 6.07) is 9.13. The number of ether oxygens (including phenoxy) is 2. The van der Waals surface area contributed by atoms with Gasteiger partial charge in [0, 0.05) is 6.04 Å². The highest BCUT2D eigenvalue weighted by atomic mass is 32.2. The van der Waals surface area contributed by atoms with Crippen LogP contribution in [0.1, 0.15) is 39.1 Å². The van der Waals surface area contributed by atoms with E-state index in [9.17, 15) is 26.8 Å². The van der Waals surface area contributed by atoms with Crippen molar-refractivity contribution in [2.45, 2.75) is 37.3 Å². The van der Waals surface area contributed by atoms with Crippen LogP contribution in [0.5, 0.6) is 5.75 Å². The first-order chi connectivity index (χ1) is 14.2. The van der Waals surface area contributed by atoms with Crippen molar-refractivity contribution >= 4 is 21.8 Å². The van der Waals surface area contributed by atoms with E-state index in [1.54, 1.807) is 6.92 Å². The molecule has 160 valence electrons. The number of esters is 1. The molecule has 1 aliphatic rings. The minimum absolute atomic E-state index is 0.00979. The summed E-state index contributed by atoms with van der Waals surface area (Å²) in [6.45, 7) is -2.13. The Labute approximate surface area is 172 Å². The van der Waals surface area contributed by atoms with Crippen molar-refractivity contribution in [3.63, 3.8) is 0 Å². The summed E-state index contributed by atoms with van der Waals surface area (Å²) in [5.41, 5.74) is 0.556. The molecule has 1 N–H and O–H groups in total. The molecule has 7 nitrogen and oxygen atoms in total. The second kappa shape index (κ2) is 8.88. The molecular formula is C20H19F2NO6S. The minimum Gasteiger partial charge on any atom is -0.454 e. The maximum absolute atomic E-state index is 12.5. The average Bonchev–Trinajstić information content (AvgIpc) is 3.50. The number of hydrogen-bond donors (Lipinski definition) is 1. The summed E-state index contributed by atoms with van der Waals surface area (Å²) in [4.78, 5) is 24.5. The SMILES string of the molecule is Cc1ccc(OC(F)F)c(C(=O)COC(=O)c2ccc(S(=O)(=O)NC3CC3)cc2)c1. The van der Waals surface area contributed by atoms with Crippen LogP contribution in [-0.4, -0.2) is 39.4 Å². The van der Waals surface area contributed by atoms with Gasteiger partial charge in [0.15, 0.2) is 6.61 Å². The van der Waals surface area contributed by atoms with E-state index in [0.29, 0.717) is 5.56 Å². The van der Waals surface area contributed by atoms with Gasteiger partial charge in [0.25, 0.3) is 0 Å². The lowest BCUT2D eigenvalue weighted by molar-refractivity contribution is -0.0502. The molecule has 10 heteroatoms. The number of Topliss-reactive ketones (excluding diaryl/α,β-unsaturated/α-hetero) is 1. The van der Waals surface area contributed by atoms with E-state index in [2.05, 4.69) is 9.46 Å². The van der Waals surface area contributed by atoms with Gasteiger partial charge in [0.1, 0.15) is 5.75 Å². The fourth-order valence-corrected chi connectivity index (χ4v) is 3.92. The second-order valence-electron chi connectivity index (χ2n) is 6.80. The van der Waals surface area contributed by atoms with Crippen molar-refractivity contribution in [2.24, 2.45) is 0 Å². The summed E-state index contributed by atoms with van der Waals surface area (Å²) >= 11 is 0. The second-order valence-corrected chi connectivity index (χ2v) is 8.51. The van der Waals surface area contributed by atoms with Gasteiger partial charge in [-0.1, -0.05) is 11.6 Å². The molecule has 0 bridgehead atoms. The van der Waals surface area contributed by atoms with E-state index in [0.717, 1.165) is 12.8 Å². The van der Waals surface area contributed by atoms with Crippen LogP contribution in [0.25, 0.3) is 0 Å². The summed E-state index contributed by atoms with van der Waals surface area (Å²) < 4.78 is 61.1. The molecule has 0 aromatic heterocycles. The highest BCUT2D eigenvalue weighted by molar-refractivity contribution is 7.89. The third-order valence-electron chi connectivity index (χ3n) is 4.29. The Bertz CT molecular complexity index is 1050. The van der Waals surface area contributed by atoms with Crippen molar-refractivity contribution in [2.75, 3.05) is 6.61 Å². The van der Waals surface area contributed by atoms with Gasteiger partial charge in [-0.25, -0.2) is 17.9 Å². The van der Waals surface area contributed by atoms with E-state index in [4.69, 9.17) is 4.74 Å². The molecule has 0 radical (unpaired) electrons. The minimum atomic E-state index is -3.65. The fraction of sp³-hybridized carbons (Fsp3) is 0.300. The van der Waals surface area contributed by atoms with Crippen LogP contribution < -0.4 is 9.46 Å². The first kappa shape index (κ1) is 21.8. The van der Waals surface area contributed by atoms with Gasteiger partial charge in [-0.2, -0.15) is 8.78 Å². The van der Waals surface area contributed by atoms with Crippen LogP contribution >= 0.6 is 0 Å². The molecule has 1 saturated carbocycles. The van der Waals surface area contributed by atoms with Crippen molar-refractivity contribution in [1.82, 2.24) is 4.72 Å². The topological polar surface area (TPSA) is 98.8 Å². The molecule has 1 aliphatic carbocycles. The zero-order chi connectivity index (χ0) is 21.9. The van der Waals surface area contributed by atoms with Crippen LogP contribution in [0.15, 0.2) is 47.4 Å². The lowest BCUT2D eigenvalue weighted by Gasteiger charge is -2.11. The molecule has 2 aromatic carbocycles. The van der Waals surface area contributed by atoms with Gasteiger partial charge in [-0.3, -0.25) is 4.79 Å². The van der Waals surface area contributed by atoms with Gasteiger partial charge in [-0.15, -0.1) is 0 Å². The number of ketones is 1. The van der Waals surface area contributed by atoms with Crippen molar-refractivity contribution in [3.8, 4) is 5.75 Å². The molecule has 30 heavy (non-hydrogen) atoms. The third kappa shape index (κ3) is 5.61. The standard InChI is InChI=1S/C20H19F2NO6S/c1-12-2-9-18(29-20(21)22)16(10-12)17(24)11-28-19(25)13-3-7-15(8-4-13)30(26,27)23-14-5-6-14/h2-4,7-10,14,20,23H,5-6,11H2,1H3. The van der Waals surface area contributed by atoms with Gasteiger partial charge in [-0.05, 0) is 56.2 Å². The van der Waals surface area contributed by atoms with Crippen LogP contribution in [0, 0.1) is 6.92 Å². The normalized spacial score (nSPS) is 13.9. The van der Waals surface area contributed by atoms with Crippen molar-refractivity contribution < 1.29 is 36.3 Å². The number of nitrogens with one attached hydrogen (secondary N) is 1. The predicted molar refractivity (Wildman–Crippen MR) is 102 cm³/mol. The number of carbonyl (C=O) groups excluding carboxylic acids is 2. The Morgan fingerprint density at radius 2 is 1.80 bits per heavy atom. The zero-order valence-electron chi connectivity index (χ0n) is 15.9. The van der Waals surface area contributed by atoms with Crippen LogP contribution in [0.3, 0.4) is 0 Å². The Balaban J connectivity index is 1.64. The van der Waals surface area contributed by atoms with Crippen LogP contribution in [0.4, 0.5) is 8.78 Å². The van der Waals surface area contributed by atoms with Crippen molar-refractivity contribution in [3.05, 3.63) is 59.2 Å². The fourth-order valence-electron chi connectivity index (χ4n) is 2.61. The lowest BCUT2D eigenvalue weighted by atomic mass is 10.1. The number of carbonyl (C=O) groups is 2. The first-order valence-corrected chi connectivity index (χ1v) is 10.5. The quantitative estimate of drug-likeness (QED) is 0.476. The number of alkyl halides is 2. The molecule has 0 unspecified atom stereocenters. The van der Waals surface area contributed by atoms with Crippen LogP contribution in [0.2, 0.25) is 0 Å². The first-order valence-electron chi connectivity index (χ1n) is 9.04. The Hall–Kier alpha value is -2.85. The van der Waals surface area contributed by atoms with Gasteiger partial charge in [0.05, 0.1) is 16.0 Å². The average molecular weight is 439 g/mol. The summed E-state index contributed by atoms with van der Waals surface area (Å²) in [7, 11) is -3.65. The van der Waals surface area contributed by atoms with E-state index in [-0.39, 0.29) is 27.8 Å². The Kier molecular flexibility index (Phi) is 6.47. The van der Waals surface area contributed by atoms with E-state index in [1.807, 2.05) is 0 Å². The monoisotopic (exact) mass is 439 g/mol. The number of aryl methyl sites for hydroxylation is 1. The van der Waals surface area contributed by atoms with E-state index < -0.39 is 35.0 Å². The molecule has 0 spiro atoms. The Morgan fingerprint density at radius 1 is 1.13 bits per heavy atom. The van der Waals surface area contributed by atoms with E-state index in [1.165, 1.54) is 42.5 Å². The summed E-state index contributed by atoms with van der Waals surface area (Å²) in [5, 5.41) is 0. The number of halogens is 2. The summed E-state index contributed by atoms with van der Waals surface area (Å²) in [5.74, 6) is -1.88. The van der Waals surface area contributed by atoms with Gasteiger partial charge < -0.3 is 9.47 Å². The third-order valence-corrected chi connectivity index (χ3v) is 5.82. The highest BCUT2D eigenvalue weighted by Crippen LogP contribution is 2.24. The maximum Gasteiger partial charge on any atom is 0.387 e. The molecule has 0 heterocycles. The predicted octanol–water partition coefficient (Wildman–Crippen LogP) is 3.08. The van der Waals surface area contributed by atoms with Crippen molar-refractivity contribution in [1.29, 1.82) is 0 Å². The van der Waals surface area contributed by atoms with Gasteiger partial charge in [0.2, 0.25) is 15.8 Å². The van der Waals surface area contributed by atoms with Gasteiger partial charge >= 0.3 is 12.6 Å². The molecule has 0 aliphatic heterocycles. The number of hydrogen-bond acceptors (Lipinski definition) is 6. The number of sulfonamides is 1. The molecule has 2 aromatic rings. The highest BCUT2D eigenvalue weighted by Gasteiger charge is 2.28. The summed E-state index contributed by atoms with van der Waals surface area (Å²) in [6.07, 6.45) is 1.59. The number of rotatable bonds is 9. The molecule has 0 amide bonds. The Morgan fingerprint density at radius 3 is 2.40 bits per heavy atom. The lowest BCUT2D eigenvalue weighted by Crippen LogP contribution is -2.25.